The highest BCUT2D eigenvalue weighted by atomic mass is 14.2. The second kappa shape index (κ2) is 11.4. The molecule has 94 valence electrons. The lowest BCUT2D eigenvalue weighted by Gasteiger charge is -1.88. The first-order chi connectivity index (χ1) is 8.74. The van der Waals surface area contributed by atoms with Crippen molar-refractivity contribution in [3.05, 3.63) is 71.8 Å². The molecule has 0 aliphatic heterocycles. The molecule has 1 aromatic rings. The minimum atomic E-state index is 0.515. The Morgan fingerprint density at radius 1 is 1.17 bits per heavy atom. The average Bonchev–Trinajstić information content (AvgIpc) is 2.39. The number of nitriles is 1. The maximum atomic E-state index is 8.27. The highest BCUT2D eigenvalue weighted by Crippen LogP contribution is 1.97. The highest BCUT2D eigenvalue weighted by molar-refractivity contribution is 5.20. The lowest BCUT2D eigenvalue weighted by molar-refractivity contribution is 1.26. The van der Waals surface area contributed by atoms with Crippen molar-refractivity contribution >= 4 is 0 Å². The zero-order valence-corrected chi connectivity index (χ0v) is 11.4. The number of hydrogen-bond acceptors (Lipinski definition) is 1. The summed E-state index contributed by atoms with van der Waals surface area (Å²) >= 11 is 0. The van der Waals surface area contributed by atoms with Crippen molar-refractivity contribution < 1.29 is 0 Å². The Hall–Kier alpha value is -2.07. The largest absolute Gasteiger partial charge is 0.198 e. The normalized spacial score (nSPS) is 11.1. The van der Waals surface area contributed by atoms with Crippen LogP contribution in [0, 0.1) is 11.3 Å². The summed E-state index contributed by atoms with van der Waals surface area (Å²) in [6.07, 6.45) is 10.8. The summed E-state index contributed by atoms with van der Waals surface area (Å²) in [5.74, 6) is 0. The molecule has 0 atom stereocenters. The lowest BCUT2D eigenvalue weighted by Crippen LogP contribution is -1.76. The predicted octanol–water partition coefficient (Wildman–Crippen LogP) is 4.84. The van der Waals surface area contributed by atoms with Crippen molar-refractivity contribution in [2.75, 3.05) is 0 Å². The molecule has 1 nitrogen and oxygen atoms in total. The van der Waals surface area contributed by atoms with E-state index in [0.717, 1.165) is 5.56 Å². The molecule has 0 saturated carbocycles. The van der Waals surface area contributed by atoms with Crippen LogP contribution in [-0.4, -0.2) is 0 Å². The summed E-state index contributed by atoms with van der Waals surface area (Å²) in [5, 5.41) is 8.27. The van der Waals surface area contributed by atoms with E-state index in [0.29, 0.717) is 6.42 Å². The van der Waals surface area contributed by atoms with Crippen LogP contribution in [-0.2, 0) is 6.42 Å². The quantitative estimate of drug-likeness (QED) is 0.692. The van der Waals surface area contributed by atoms with E-state index in [2.05, 4.69) is 25.1 Å². The van der Waals surface area contributed by atoms with Crippen LogP contribution < -0.4 is 0 Å². The van der Waals surface area contributed by atoms with Crippen molar-refractivity contribution in [1.29, 1.82) is 5.26 Å². The fourth-order valence-electron chi connectivity index (χ4n) is 1.25. The van der Waals surface area contributed by atoms with Gasteiger partial charge >= 0.3 is 0 Å². The van der Waals surface area contributed by atoms with Gasteiger partial charge in [-0.15, -0.1) is 0 Å². The molecule has 0 spiro atoms. The van der Waals surface area contributed by atoms with Gasteiger partial charge in [0, 0.05) is 0 Å². The highest BCUT2D eigenvalue weighted by Gasteiger charge is 1.84. The molecular formula is C17H21N. The molecule has 0 unspecified atom stereocenters. The van der Waals surface area contributed by atoms with Crippen LogP contribution in [0.1, 0.15) is 26.3 Å². The van der Waals surface area contributed by atoms with E-state index >= 15 is 0 Å². The molecule has 0 N–H and O–H groups in total. The summed E-state index contributed by atoms with van der Waals surface area (Å²) < 4.78 is 0. The molecular weight excluding hydrogens is 218 g/mol. The van der Waals surface area contributed by atoms with Crippen LogP contribution in [0.25, 0.3) is 0 Å². The Labute approximate surface area is 111 Å². The fourth-order valence-corrected chi connectivity index (χ4v) is 1.25. The third-order valence-electron chi connectivity index (χ3n) is 2.11. The minimum absolute atomic E-state index is 0.515. The van der Waals surface area contributed by atoms with Gasteiger partial charge in [0.1, 0.15) is 0 Å². The first-order valence-electron chi connectivity index (χ1n) is 6.07. The number of hydrogen-bond donors (Lipinski definition) is 0. The standard InChI is InChI=1S/C9H14.C8H7N/c1-4-6-8-9(3)7-5-2;9-7-6-8-4-2-1-3-5-8/h4-8H,1-3H3;1-5H,6H2/b6-4+,7-5-,9-8-;. The van der Waals surface area contributed by atoms with Gasteiger partial charge in [0.15, 0.2) is 0 Å². The third-order valence-corrected chi connectivity index (χ3v) is 2.11. The van der Waals surface area contributed by atoms with Crippen molar-refractivity contribution in [1.82, 2.24) is 0 Å². The van der Waals surface area contributed by atoms with E-state index in [1.54, 1.807) is 0 Å². The van der Waals surface area contributed by atoms with Crippen LogP contribution in [0.5, 0.6) is 0 Å². The molecule has 0 aliphatic rings. The van der Waals surface area contributed by atoms with E-state index in [1.807, 2.05) is 62.4 Å². The first-order valence-corrected chi connectivity index (χ1v) is 6.07. The van der Waals surface area contributed by atoms with Gasteiger partial charge in [0.25, 0.3) is 0 Å². The average molecular weight is 239 g/mol. The van der Waals surface area contributed by atoms with Crippen molar-refractivity contribution in [2.24, 2.45) is 0 Å². The first kappa shape index (κ1) is 15.9. The predicted molar refractivity (Wildman–Crippen MR) is 79.1 cm³/mol. The van der Waals surface area contributed by atoms with E-state index in [1.165, 1.54) is 5.57 Å². The van der Waals surface area contributed by atoms with Crippen LogP contribution in [0.3, 0.4) is 0 Å². The summed E-state index contributed by atoms with van der Waals surface area (Å²) in [5.41, 5.74) is 2.37. The summed E-state index contributed by atoms with van der Waals surface area (Å²) in [6.45, 7) is 6.12. The smallest absolute Gasteiger partial charge is 0.0669 e. The number of nitrogens with zero attached hydrogens (tertiary/aromatic N) is 1. The second-order valence-electron chi connectivity index (χ2n) is 3.76. The van der Waals surface area contributed by atoms with E-state index in [4.69, 9.17) is 5.26 Å². The second-order valence-corrected chi connectivity index (χ2v) is 3.76. The van der Waals surface area contributed by atoms with Gasteiger partial charge in [-0.3, -0.25) is 0 Å². The SMILES string of the molecule is C\C=C/C(C)=C\C=C\C.N#CCc1ccccc1. The van der Waals surface area contributed by atoms with E-state index in [9.17, 15) is 0 Å². The summed E-state index contributed by atoms with van der Waals surface area (Å²) in [4.78, 5) is 0. The Morgan fingerprint density at radius 3 is 2.33 bits per heavy atom. The van der Waals surface area contributed by atoms with Gasteiger partial charge in [-0.05, 0) is 26.3 Å². The molecule has 1 rings (SSSR count). The van der Waals surface area contributed by atoms with Gasteiger partial charge < -0.3 is 0 Å². The molecule has 0 radical (unpaired) electrons. The molecule has 18 heavy (non-hydrogen) atoms. The molecule has 0 bridgehead atoms. The van der Waals surface area contributed by atoms with E-state index < -0.39 is 0 Å². The van der Waals surface area contributed by atoms with Crippen LogP contribution in [0.2, 0.25) is 0 Å². The van der Waals surface area contributed by atoms with Crippen LogP contribution in [0.4, 0.5) is 0 Å². The number of benzene rings is 1. The minimum Gasteiger partial charge on any atom is -0.198 e. The Balaban J connectivity index is 0.000000321. The van der Waals surface area contributed by atoms with Crippen molar-refractivity contribution in [3.63, 3.8) is 0 Å². The molecule has 1 heteroatoms. The van der Waals surface area contributed by atoms with Gasteiger partial charge in [0.05, 0.1) is 12.5 Å². The fraction of sp³-hybridized carbons (Fsp3) is 0.235. The van der Waals surface area contributed by atoms with Crippen LogP contribution in [0.15, 0.2) is 66.3 Å². The van der Waals surface area contributed by atoms with Gasteiger partial charge in [-0.1, -0.05) is 66.3 Å². The molecule has 0 amide bonds. The lowest BCUT2D eigenvalue weighted by atomic mass is 10.2. The molecule has 0 fully saturated rings. The molecule has 0 heterocycles. The molecule has 0 aromatic heterocycles. The Morgan fingerprint density at radius 2 is 1.83 bits per heavy atom. The van der Waals surface area contributed by atoms with Crippen LogP contribution >= 0.6 is 0 Å². The maximum absolute atomic E-state index is 8.27. The van der Waals surface area contributed by atoms with Gasteiger partial charge in [-0.2, -0.15) is 5.26 Å². The maximum Gasteiger partial charge on any atom is 0.0669 e. The third kappa shape index (κ3) is 9.18. The number of allylic oxidation sites excluding steroid dienone is 6. The van der Waals surface area contributed by atoms with E-state index in [-0.39, 0.29) is 0 Å². The zero-order chi connectivity index (χ0) is 13.6. The molecule has 1 aromatic carbocycles. The zero-order valence-electron chi connectivity index (χ0n) is 11.4. The number of rotatable bonds is 3. The topological polar surface area (TPSA) is 23.8 Å². The summed E-state index contributed by atoms with van der Waals surface area (Å²) in [7, 11) is 0. The van der Waals surface area contributed by atoms with Gasteiger partial charge in [0.2, 0.25) is 0 Å². The molecule has 0 aliphatic carbocycles. The monoisotopic (exact) mass is 239 g/mol. The Kier molecular flexibility index (Phi) is 10.1. The van der Waals surface area contributed by atoms with Crippen molar-refractivity contribution in [3.8, 4) is 6.07 Å². The molecule has 0 saturated heterocycles. The Bertz CT molecular complexity index is 430. The van der Waals surface area contributed by atoms with Gasteiger partial charge in [-0.25, -0.2) is 0 Å². The van der Waals surface area contributed by atoms with Crippen molar-refractivity contribution in [2.45, 2.75) is 27.2 Å². The summed E-state index contributed by atoms with van der Waals surface area (Å²) in [6, 6.07) is 11.8.